The van der Waals surface area contributed by atoms with Gasteiger partial charge in [-0.1, -0.05) is 11.6 Å². The SMILES string of the molecule is C[C@H](OC(=O)c1cc(Cl)ccn1)C(=O)Nc1ccc(C(F)(F)F)cc1. The van der Waals surface area contributed by atoms with Crippen molar-refractivity contribution in [2.24, 2.45) is 0 Å². The number of halogens is 4. The van der Waals surface area contributed by atoms with Crippen molar-refractivity contribution in [2.45, 2.75) is 19.2 Å². The van der Waals surface area contributed by atoms with E-state index in [9.17, 15) is 22.8 Å². The maximum atomic E-state index is 12.5. The lowest BCUT2D eigenvalue weighted by atomic mass is 10.2. The first-order valence-corrected chi connectivity index (χ1v) is 7.35. The lowest BCUT2D eigenvalue weighted by molar-refractivity contribution is -0.137. The Kier molecular flexibility index (Phi) is 5.63. The molecule has 0 fully saturated rings. The van der Waals surface area contributed by atoms with Gasteiger partial charge >= 0.3 is 12.1 Å². The zero-order chi connectivity index (χ0) is 18.6. The highest BCUT2D eigenvalue weighted by atomic mass is 35.5. The number of rotatable bonds is 4. The Labute approximate surface area is 145 Å². The number of nitrogens with one attached hydrogen (secondary N) is 1. The summed E-state index contributed by atoms with van der Waals surface area (Å²) < 4.78 is 42.4. The third kappa shape index (κ3) is 5.18. The van der Waals surface area contributed by atoms with Gasteiger partial charge in [-0.3, -0.25) is 4.79 Å². The number of hydrogen-bond donors (Lipinski definition) is 1. The van der Waals surface area contributed by atoms with E-state index in [1.807, 2.05) is 0 Å². The summed E-state index contributed by atoms with van der Waals surface area (Å²) in [6, 6.07) is 6.63. The zero-order valence-corrected chi connectivity index (χ0v) is 13.6. The number of carbonyl (C=O) groups excluding carboxylic acids is 2. The summed E-state index contributed by atoms with van der Waals surface area (Å²) in [4.78, 5) is 27.6. The number of hydrogen-bond acceptors (Lipinski definition) is 4. The van der Waals surface area contributed by atoms with Crippen molar-refractivity contribution >= 4 is 29.2 Å². The molecule has 1 aromatic heterocycles. The van der Waals surface area contributed by atoms with Crippen LogP contribution >= 0.6 is 11.6 Å². The molecule has 2 aromatic rings. The number of esters is 1. The minimum atomic E-state index is -4.46. The maximum Gasteiger partial charge on any atom is 0.416 e. The molecule has 0 saturated heterocycles. The third-order valence-corrected chi connectivity index (χ3v) is 3.30. The normalized spacial score (nSPS) is 12.4. The van der Waals surface area contributed by atoms with Crippen molar-refractivity contribution in [2.75, 3.05) is 5.32 Å². The summed E-state index contributed by atoms with van der Waals surface area (Å²) in [5.74, 6) is -1.55. The molecule has 1 aromatic carbocycles. The molecule has 0 bridgehead atoms. The van der Waals surface area contributed by atoms with E-state index in [4.69, 9.17) is 16.3 Å². The van der Waals surface area contributed by atoms with E-state index in [-0.39, 0.29) is 16.4 Å². The van der Waals surface area contributed by atoms with Crippen LogP contribution in [0, 0.1) is 0 Å². The molecule has 5 nitrogen and oxygen atoms in total. The zero-order valence-electron chi connectivity index (χ0n) is 12.8. The smallest absolute Gasteiger partial charge is 0.416 e. The summed E-state index contributed by atoms with van der Waals surface area (Å²) in [7, 11) is 0. The van der Waals surface area contributed by atoms with E-state index in [1.54, 1.807) is 0 Å². The molecule has 0 aliphatic rings. The highest BCUT2D eigenvalue weighted by molar-refractivity contribution is 6.30. The van der Waals surface area contributed by atoms with Crippen molar-refractivity contribution in [1.82, 2.24) is 4.98 Å². The third-order valence-electron chi connectivity index (χ3n) is 3.06. The topological polar surface area (TPSA) is 68.3 Å². The van der Waals surface area contributed by atoms with E-state index >= 15 is 0 Å². The quantitative estimate of drug-likeness (QED) is 0.825. The molecule has 25 heavy (non-hydrogen) atoms. The van der Waals surface area contributed by atoms with Gasteiger partial charge in [0.25, 0.3) is 5.91 Å². The number of nitrogens with zero attached hydrogens (tertiary/aromatic N) is 1. The van der Waals surface area contributed by atoms with E-state index in [0.717, 1.165) is 24.3 Å². The van der Waals surface area contributed by atoms with Gasteiger partial charge in [-0.2, -0.15) is 13.2 Å². The average molecular weight is 373 g/mol. The van der Waals surface area contributed by atoms with Crippen molar-refractivity contribution in [3.8, 4) is 0 Å². The molecular formula is C16H12ClF3N2O3. The van der Waals surface area contributed by atoms with Crippen LogP contribution in [0.15, 0.2) is 42.6 Å². The number of aromatic nitrogens is 1. The number of benzene rings is 1. The molecule has 1 heterocycles. The average Bonchev–Trinajstić information content (AvgIpc) is 2.54. The van der Waals surface area contributed by atoms with Gasteiger partial charge in [-0.05, 0) is 43.3 Å². The fraction of sp³-hybridized carbons (Fsp3) is 0.188. The highest BCUT2D eigenvalue weighted by Crippen LogP contribution is 2.29. The molecule has 9 heteroatoms. The van der Waals surface area contributed by atoms with Gasteiger partial charge < -0.3 is 10.1 Å². The Morgan fingerprint density at radius 2 is 1.84 bits per heavy atom. The highest BCUT2D eigenvalue weighted by Gasteiger charge is 2.30. The molecule has 132 valence electrons. The van der Waals surface area contributed by atoms with Gasteiger partial charge in [0.05, 0.1) is 5.56 Å². The molecule has 2 rings (SSSR count). The minimum Gasteiger partial charge on any atom is -0.448 e. The number of ether oxygens (including phenoxy) is 1. The molecular weight excluding hydrogens is 361 g/mol. The molecule has 1 atom stereocenters. The first-order chi connectivity index (χ1) is 11.7. The summed E-state index contributed by atoms with van der Waals surface area (Å²) in [6.07, 6.45) is -4.34. The molecule has 0 spiro atoms. The molecule has 0 aliphatic heterocycles. The fourth-order valence-electron chi connectivity index (χ4n) is 1.78. The lowest BCUT2D eigenvalue weighted by Crippen LogP contribution is -2.30. The molecule has 0 radical (unpaired) electrons. The fourth-order valence-corrected chi connectivity index (χ4v) is 1.94. The van der Waals surface area contributed by atoms with Gasteiger partial charge in [-0.15, -0.1) is 0 Å². The predicted octanol–water partition coefficient (Wildman–Crippen LogP) is 3.94. The van der Waals surface area contributed by atoms with Crippen molar-refractivity contribution in [3.05, 3.63) is 58.9 Å². The van der Waals surface area contributed by atoms with Crippen LogP contribution in [-0.4, -0.2) is 23.0 Å². The number of pyridine rings is 1. The predicted molar refractivity (Wildman–Crippen MR) is 84.2 cm³/mol. The van der Waals surface area contributed by atoms with E-state index in [2.05, 4.69) is 10.3 Å². The Balaban J connectivity index is 1.97. The van der Waals surface area contributed by atoms with Crippen molar-refractivity contribution in [3.63, 3.8) is 0 Å². The van der Waals surface area contributed by atoms with Crippen LogP contribution in [0.4, 0.5) is 18.9 Å². The Bertz CT molecular complexity index is 779. The van der Waals surface area contributed by atoms with Gasteiger partial charge in [0.1, 0.15) is 5.69 Å². The molecule has 0 saturated carbocycles. The van der Waals surface area contributed by atoms with Crippen molar-refractivity contribution < 1.29 is 27.5 Å². The second-order valence-corrected chi connectivity index (χ2v) is 5.41. The van der Waals surface area contributed by atoms with Crippen LogP contribution in [0.3, 0.4) is 0 Å². The summed E-state index contributed by atoms with van der Waals surface area (Å²) >= 11 is 5.73. The molecule has 0 unspecified atom stereocenters. The standard InChI is InChI=1S/C16H12ClF3N2O3/c1-9(25-15(24)13-8-11(17)6-7-21-13)14(23)22-12-4-2-10(3-5-12)16(18,19)20/h2-9H,1H3,(H,22,23)/t9-/m0/s1. The van der Waals surface area contributed by atoms with Gasteiger partial charge in [0.15, 0.2) is 6.10 Å². The van der Waals surface area contributed by atoms with Crippen LogP contribution in [0.25, 0.3) is 0 Å². The summed E-state index contributed by atoms with van der Waals surface area (Å²) in [5.41, 5.74) is -0.763. The Morgan fingerprint density at radius 1 is 1.20 bits per heavy atom. The lowest BCUT2D eigenvalue weighted by Gasteiger charge is -2.14. The maximum absolute atomic E-state index is 12.5. The van der Waals surface area contributed by atoms with Crippen LogP contribution in [0.2, 0.25) is 5.02 Å². The monoisotopic (exact) mass is 372 g/mol. The van der Waals surface area contributed by atoms with E-state index < -0.39 is 29.7 Å². The number of carbonyl (C=O) groups is 2. The Hall–Kier alpha value is -2.61. The van der Waals surface area contributed by atoms with E-state index in [1.165, 1.54) is 25.3 Å². The van der Waals surface area contributed by atoms with Crippen LogP contribution in [0.1, 0.15) is 23.0 Å². The number of amides is 1. The number of anilines is 1. The molecule has 0 aliphatic carbocycles. The Morgan fingerprint density at radius 3 is 2.40 bits per heavy atom. The summed E-state index contributed by atoms with van der Waals surface area (Å²) in [6.45, 7) is 1.32. The minimum absolute atomic E-state index is 0.0679. The van der Waals surface area contributed by atoms with Gasteiger partial charge in [-0.25, -0.2) is 9.78 Å². The summed E-state index contributed by atoms with van der Waals surface area (Å²) in [5, 5.41) is 2.64. The first kappa shape index (κ1) is 18.7. The van der Waals surface area contributed by atoms with Crippen molar-refractivity contribution in [1.29, 1.82) is 0 Å². The van der Waals surface area contributed by atoms with Crippen LogP contribution < -0.4 is 5.32 Å². The van der Waals surface area contributed by atoms with Crippen LogP contribution in [-0.2, 0) is 15.7 Å². The molecule has 1 amide bonds. The second-order valence-electron chi connectivity index (χ2n) is 4.97. The van der Waals surface area contributed by atoms with Gasteiger partial charge in [0, 0.05) is 16.9 Å². The largest absolute Gasteiger partial charge is 0.448 e. The first-order valence-electron chi connectivity index (χ1n) is 6.97. The second kappa shape index (κ2) is 7.52. The van der Waals surface area contributed by atoms with E-state index in [0.29, 0.717) is 0 Å². The number of alkyl halides is 3. The van der Waals surface area contributed by atoms with Gasteiger partial charge in [0.2, 0.25) is 0 Å². The van der Waals surface area contributed by atoms with Crippen LogP contribution in [0.5, 0.6) is 0 Å². The molecule has 1 N–H and O–H groups in total.